The van der Waals surface area contributed by atoms with E-state index in [0.717, 1.165) is 6.04 Å². The van der Waals surface area contributed by atoms with E-state index in [-0.39, 0.29) is 12.4 Å². The van der Waals surface area contributed by atoms with Gasteiger partial charge in [0.05, 0.1) is 26.7 Å². The molecule has 0 aliphatic heterocycles. The number of rotatable bonds is 3. The molecule has 0 saturated heterocycles. The van der Waals surface area contributed by atoms with Crippen molar-refractivity contribution in [2.75, 3.05) is 20.6 Å². The van der Waals surface area contributed by atoms with E-state index < -0.39 is 0 Å². The highest BCUT2D eigenvalue weighted by Gasteiger charge is 2.29. The molecule has 1 rings (SSSR count). The lowest BCUT2D eigenvalue weighted by Gasteiger charge is -2.35. The minimum atomic E-state index is 0. The van der Waals surface area contributed by atoms with Crippen LogP contribution in [0.15, 0.2) is 12.2 Å². The molecule has 1 aliphatic carbocycles. The molecule has 0 amide bonds. The Labute approximate surface area is 88.8 Å². The fourth-order valence-corrected chi connectivity index (χ4v) is 2.13. The molecule has 0 aromatic rings. The lowest BCUT2D eigenvalue weighted by molar-refractivity contribution is -0.908. The predicted molar refractivity (Wildman–Crippen MR) is 54.0 cm³/mol. The summed E-state index contributed by atoms with van der Waals surface area (Å²) >= 11 is 0. The molecule has 0 N–H and O–H groups in total. The Bertz CT molecular complexity index is 157. The maximum absolute atomic E-state index is 2.36. The Morgan fingerprint density at radius 2 is 1.77 bits per heavy atom. The Kier molecular flexibility index (Phi) is 5.66. The average molecular weight is 204 g/mol. The molecule has 0 aromatic heterocycles. The summed E-state index contributed by atoms with van der Waals surface area (Å²) in [6.07, 6.45) is 10.2. The first-order valence-electron chi connectivity index (χ1n) is 5.10. The summed E-state index contributed by atoms with van der Waals surface area (Å²) in [6.45, 7) is 3.30. The molecular formula is C11H22ClN. The summed E-state index contributed by atoms with van der Waals surface area (Å²) in [5.41, 5.74) is 0. The number of hydrogen-bond acceptors (Lipinski definition) is 0. The molecule has 0 bridgehead atoms. The lowest BCUT2D eigenvalue weighted by atomic mass is 10.2. The summed E-state index contributed by atoms with van der Waals surface area (Å²) in [6, 6.07) is 0.918. The first kappa shape index (κ1) is 13.0. The van der Waals surface area contributed by atoms with Crippen molar-refractivity contribution in [2.45, 2.75) is 38.6 Å². The minimum absolute atomic E-state index is 0. The largest absolute Gasteiger partial charge is 1.00 e. The zero-order valence-corrected chi connectivity index (χ0v) is 9.85. The summed E-state index contributed by atoms with van der Waals surface area (Å²) in [7, 11) is 4.71. The normalized spacial score (nSPS) is 19.3. The maximum Gasteiger partial charge on any atom is 0.0971 e. The molecule has 1 aliphatic rings. The van der Waals surface area contributed by atoms with Gasteiger partial charge < -0.3 is 16.9 Å². The standard InChI is InChI=1S/C11H22N.ClH/c1-4-5-10-12(2,3)11-8-6-7-9-11;/h4-5,11H,6-10H2,1-3H3;1H/q+1;/p-1/b5-4+;. The smallest absolute Gasteiger partial charge is 0.0971 e. The molecule has 13 heavy (non-hydrogen) atoms. The minimum Gasteiger partial charge on any atom is -1.00 e. The van der Waals surface area contributed by atoms with Crippen LogP contribution in [-0.4, -0.2) is 31.2 Å². The Morgan fingerprint density at radius 3 is 2.23 bits per heavy atom. The third-order valence-corrected chi connectivity index (χ3v) is 3.12. The van der Waals surface area contributed by atoms with Crippen molar-refractivity contribution < 1.29 is 16.9 Å². The first-order chi connectivity index (χ1) is 5.67. The average Bonchev–Trinajstić information content (AvgIpc) is 2.53. The number of likely N-dealkylation sites (N-methyl/N-ethyl adjacent to an activating group) is 1. The summed E-state index contributed by atoms with van der Waals surface area (Å²) < 4.78 is 1.18. The van der Waals surface area contributed by atoms with E-state index in [1.165, 1.54) is 36.7 Å². The molecule has 1 saturated carbocycles. The topological polar surface area (TPSA) is 0 Å². The van der Waals surface area contributed by atoms with E-state index in [1.54, 1.807) is 0 Å². The van der Waals surface area contributed by atoms with Crippen LogP contribution in [0.1, 0.15) is 32.6 Å². The van der Waals surface area contributed by atoms with Crippen molar-refractivity contribution >= 4 is 0 Å². The molecule has 1 fully saturated rings. The van der Waals surface area contributed by atoms with Crippen molar-refractivity contribution in [3.05, 3.63) is 12.2 Å². The van der Waals surface area contributed by atoms with Crippen LogP contribution in [0, 0.1) is 0 Å². The molecule has 2 heteroatoms. The van der Waals surface area contributed by atoms with Gasteiger partial charge in [0.25, 0.3) is 0 Å². The van der Waals surface area contributed by atoms with Gasteiger partial charge in [-0.3, -0.25) is 0 Å². The van der Waals surface area contributed by atoms with Gasteiger partial charge in [-0.2, -0.15) is 0 Å². The van der Waals surface area contributed by atoms with Crippen LogP contribution in [0.5, 0.6) is 0 Å². The second-order valence-corrected chi connectivity index (χ2v) is 4.47. The first-order valence-corrected chi connectivity index (χ1v) is 5.10. The quantitative estimate of drug-likeness (QED) is 0.432. The van der Waals surface area contributed by atoms with E-state index in [9.17, 15) is 0 Å². The number of quaternary nitrogens is 1. The molecule has 78 valence electrons. The van der Waals surface area contributed by atoms with Crippen molar-refractivity contribution in [1.82, 2.24) is 0 Å². The molecule has 0 spiro atoms. The van der Waals surface area contributed by atoms with Crippen LogP contribution >= 0.6 is 0 Å². The van der Waals surface area contributed by atoms with Crippen molar-refractivity contribution in [3.8, 4) is 0 Å². The van der Waals surface area contributed by atoms with Crippen molar-refractivity contribution in [2.24, 2.45) is 0 Å². The molecule has 0 atom stereocenters. The van der Waals surface area contributed by atoms with Crippen molar-refractivity contribution in [1.29, 1.82) is 0 Å². The number of hydrogen-bond donors (Lipinski definition) is 0. The Balaban J connectivity index is 0.00000144. The molecule has 0 radical (unpaired) electrons. The van der Waals surface area contributed by atoms with Gasteiger partial charge in [0.2, 0.25) is 0 Å². The number of allylic oxidation sites excluding steroid dienone is 1. The third kappa shape index (κ3) is 3.70. The molecule has 1 nitrogen and oxygen atoms in total. The highest BCUT2D eigenvalue weighted by Crippen LogP contribution is 2.26. The van der Waals surface area contributed by atoms with Gasteiger partial charge >= 0.3 is 0 Å². The highest BCUT2D eigenvalue weighted by atomic mass is 35.5. The molecule has 0 unspecified atom stereocenters. The molecular weight excluding hydrogens is 182 g/mol. The SMILES string of the molecule is C/C=C/C[N+](C)(C)C1CCCC1.[Cl-]. The van der Waals surface area contributed by atoms with Crippen molar-refractivity contribution in [3.63, 3.8) is 0 Å². The summed E-state index contributed by atoms with van der Waals surface area (Å²) in [4.78, 5) is 0. The van der Waals surface area contributed by atoms with Crippen LogP contribution in [-0.2, 0) is 0 Å². The van der Waals surface area contributed by atoms with Gasteiger partial charge in [-0.1, -0.05) is 6.08 Å². The fourth-order valence-electron chi connectivity index (χ4n) is 2.13. The van der Waals surface area contributed by atoms with Gasteiger partial charge in [-0.25, -0.2) is 0 Å². The maximum atomic E-state index is 2.36. The van der Waals surface area contributed by atoms with Crippen LogP contribution in [0.2, 0.25) is 0 Å². The number of halogens is 1. The fraction of sp³-hybridized carbons (Fsp3) is 0.818. The summed E-state index contributed by atoms with van der Waals surface area (Å²) in [5, 5.41) is 0. The van der Waals surface area contributed by atoms with Crippen LogP contribution < -0.4 is 12.4 Å². The van der Waals surface area contributed by atoms with Gasteiger partial charge in [-0.15, -0.1) is 0 Å². The van der Waals surface area contributed by atoms with E-state index in [1.807, 2.05) is 0 Å². The predicted octanol–water partition coefficient (Wildman–Crippen LogP) is -0.414. The number of nitrogens with zero attached hydrogens (tertiary/aromatic N) is 1. The second-order valence-electron chi connectivity index (χ2n) is 4.47. The van der Waals surface area contributed by atoms with E-state index >= 15 is 0 Å². The van der Waals surface area contributed by atoms with Gasteiger partial charge in [-0.05, 0) is 38.7 Å². The highest BCUT2D eigenvalue weighted by molar-refractivity contribution is 4.78. The third-order valence-electron chi connectivity index (χ3n) is 3.12. The van der Waals surface area contributed by atoms with E-state index in [4.69, 9.17) is 0 Å². The molecule has 0 heterocycles. The van der Waals surface area contributed by atoms with Gasteiger partial charge in [0, 0.05) is 0 Å². The van der Waals surface area contributed by atoms with Crippen LogP contribution in [0.25, 0.3) is 0 Å². The Hall–Kier alpha value is -0.0100. The zero-order chi connectivity index (χ0) is 9.03. The van der Waals surface area contributed by atoms with Gasteiger partial charge in [0.1, 0.15) is 0 Å². The Morgan fingerprint density at radius 1 is 1.23 bits per heavy atom. The second kappa shape index (κ2) is 5.66. The van der Waals surface area contributed by atoms with Crippen LogP contribution in [0.4, 0.5) is 0 Å². The van der Waals surface area contributed by atoms with Crippen LogP contribution in [0.3, 0.4) is 0 Å². The molecule has 0 aromatic carbocycles. The zero-order valence-electron chi connectivity index (χ0n) is 9.09. The summed E-state index contributed by atoms with van der Waals surface area (Å²) in [5.74, 6) is 0. The lowest BCUT2D eigenvalue weighted by Crippen LogP contribution is -3.00. The van der Waals surface area contributed by atoms with E-state index in [0.29, 0.717) is 0 Å². The monoisotopic (exact) mass is 203 g/mol. The van der Waals surface area contributed by atoms with E-state index in [2.05, 4.69) is 33.2 Å². The van der Waals surface area contributed by atoms with Gasteiger partial charge in [0.15, 0.2) is 0 Å².